The van der Waals surface area contributed by atoms with Crippen molar-refractivity contribution in [3.8, 4) is 5.75 Å². The number of nitrogens with zero attached hydrogens (tertiary/aromatic N) is 1. The fourth-order valence-corrected chi connectivity index (χ4v) is 1.91. The average molecular weight is 290 g/mol. The van der Waals surface area contributed by atoms with Crippen LogP contribution in [0.25, 0.3) is 6.08 Å². The summed E-state index contributed by atoms with van der Waals surface area (Å²) in [6.07, 6.45) is 1.53. The largest absolute Gasteiger partial charge is 0.494 e. The number of hydrogen-bond donors (Lipinski definition) is 1. The molecule has 0 bridgehead atoms. The summed E-state index contributed by atoms with van der Waals surface area (Å²) in [5.41, 5.74) is 0.804. The van der Waals surface area contributed by atoms with Crippen LogP contribution in [-0.2, 0) is 9.59 Å². The molecule has 5 nitrogen and oxygen atoms in total. The van der Waals surface area contributed by atoms with Crippen LogP contribution >= 0.6 is 12.2 Å². The Morgan fingerprint density at radius 3 is 2.55 bits per heavy atom. The van der Waals surface area contributed by atoms with Crippen LogP contribution in [0.2, 0.25) is 0 Å². The lowest BCUT2D eigenvalue weighted by molar-refractivity contribution is -0.128. The molecule has 1 fully saturated rings. The molecule has 0 radical (unpaired) electrons. The number of carbonyl (C=O) groups is 2. The number of amides is 2. The van der Waals surface area contributed by atoms with Gasteiger partial charge < -0.3 is 4.74 Å². The first-order chi connectivity index (χ1) is 9.52. The molecular formula is C14H14N2O3S. The van der Waals surface area contributed by atoms with Crippen LogP contribution in [0.3, 0.4) is 0 Å². The SMILES string of the molecule is CCOc1ccc(C=C2C(=O)NC(=S)N(C)C2=O)cc1. The van der Waals surface area contributed by atoms with Gasteiger partial charge in [-0.15, -0.1) is 0 Å². The fourth-order valence-electron chi connectivity index (χ4n) is 1.74. The van der Waals surface area contributed by atoms with Crippen molar-refractivity contribution in [3.63, 3.8) is 0 Å². The fraction of sp³-hybridized carbons (Fsp3) is 0.214. The van der Waals surface area contributed by atoms with Gasteiger partial charge in [0.2, 0.25) is 0 Å². The van der Waals surface area contributed by atoms with Crippen molar-refractivity contribution in [1.29, 1.82) is 0 Å². The van der Waals surface area contributed by atoms with Crippen LogP contribution in [0, 0.1) is 0 Å². The molecule has 0 atom stereocenters. The molecule has 2 amide bonds. The topological polar surface area (TPSA) is 58.6 Å². The number of nitrogens with one attached hydrogen (secondary N) is 1. The summed E-state index contributed by atoms with van der Waals surface area (Å²) in [6.45, 7) is 2.49. The highest BCUT2D eigenvalue weighted by Crippen LogP contribution is 2.17. The van der Waals surface area contributed by atoms with Gasteiger partial charge in [0, 0.05) is 7.05 Å². The van der Waals surface area contributed by atoms with Gasteiger partial charge in [-0.05, 0) is 42.9 Å². The molecule has 1 aromatic carbocycles. The predicted octanol–water partition coefficient (Wildman–Crippen LogP) is 1.34. The van der Waals surface area contributed by atoms with Crippen molar-refractivity contribution in [2.75, 3.05) is 13.7 Å². The van der Waals surface area contributed by atoms with Gasteiger partial charge in [-0.1, -0.05) is 12.1 Å². The highest BCUT2D eigenvalue weighted by molar-refractivity contribution is 7.80. The number of likely N-dealkylation sites (N-methyl/N-ethyl adjacent to an activating group) is 1. The zero-order valence-corrected chi connectivity index (χ0v) is 12.0. The van der Waals surface area contributed by atoms with E-state index in [4.69, 9.17) is 17.0 Å². The summed E-state index contributed by atoms with van der Waals surface area (Å²) in [6, 6.07) is 7.14. The molecule has 104 valence electrons. The minimum Gasteiger partial charge on any atom is -0.494 e. The van der Waals surface area contributed by atoms with E-state index < -0.39 is 11.8 Å². The van der Waals surface area contributed by atoms with Crippen LogP contribution in [-0.4, -0.2) is 35.5 Å². The van der Waals surface area contributed by atoms with Crippen molar-refractivity contribution in [1.82, 2.24) is 10.2 Å². The number of carbonyl (C=O) groups excluding carboxylic acids is 2. The Bertz CT molecular complexity index is 593. The van der Waals surface area contributed by atoms with Gasteiger partial charge in [0.25, 0.3) is 11.8 Å². The monoisotopic (exact) mass is 290 g/mol. The van der Waals surface area contributed by atoms with Gasteiger partial charge in [-0.2, -0.15) is 0 Å². The first kappa shape index (κ1) is 14.2. The van der Waals surface area contributed by atoms with Crippen LogP contribution in [0.15, 0.2) is 29.8 Å². The quantitative estimate of drug-likeness (QED) is 0.518. The number of hydrogen-bond acceptors (Lipinski definition) is 4. The molecule has 0 saturated carbocycles. The molecule has 0 aromatic heterocycles. The van der Waals surface area contributed by atoms with Gasteiger partial charge in [-0.3, -0.25) is 19.8 Å². The number of benzene rings is 1. The summed E-state index contributed by atoms with van der Waals surface area (Å²) < 4.78 is 5.33. The van der Waals surface area contributed by atoms with Crippen LogP contribution in [0.5, 0.6) is 5.75 Å². The van der Waals surface area contributed by atoms with E-state index in [-0.39, 0.29) is 10.7 Å². The van der Waals surface area contributed by atoms with E-state index in [2.05, 4.69) is 5.32 Å². The number of thiocarbonyl (C=S) groups is 1. The third-order valence-corrected chi connectivity index (χ3v) is 3.18. The summed E-state index contributed by atoms with van der Waals surface area (Å²) in [7, 11) is 1.52. The Morgan fingerprint density at radius 2 is 1.95 bits per heavy atom. The van der Waals surface area contributed by atoms with E-state index >= 15 is 0 Å². The molecule has 1 aliphatic heterocycles. The molecule has 1 heterocycles. The van der Waals surface area contributed by atoms with E-state index in [1.165, 1.54) is 18.0 Å². The Labute approximate surface area is 122 Å². The lowest BCUT2D eigenvalue weighted by atomic mass is 10.1. The molecule has 6 heteroatoms. The molecule has 2 rings (SSSR count). The van der Waals surface area contributed by atoms with Gasteiger partial charge in [0.05, 0.1) is 6.61 Å². The summed E-state index contributed by atoms with van der Waals surface area (Å²) in [4.78, 5) is 25.0. The first-order valence-corrected chi connectivity index (χ1v) is 6.51. The minimum atomic E-state index is -0.480. The van der Waals surface area contributed by atoms with E-state index in [0.717, 1.165) is 11.3 Å². The standard InChI is InChI=1S/C14H14N2O3S/c1-3-19-10-6-4-9(5-7-10)8-11-12(17)15-14(20)16(2)13(11)18/h4-8H,3H2,1-2H3,(H,15,17,20). The smallest absolute Gasteiger partial charge is 0.265 e. The molecular weight excluding hydrogens is 276 g/mol. The zero-order chi connectivity index (χ0) is 14.7. The Kier molecular flexibility index (Phi) is 4.14. The predicted molar refractivity (Wildman–Crippen MR) is 79.1 cm³/mol. The second-order valence-electron chi connectivity index (χ2n) is 4.18. The van der Waals surface area contributed by atoms with Crippen molar-refractivity contribution in [2.45, 2.75) is 6.92 Å². The summed E-state index contributed by atoms with van der Waals surface area (Å²) in [5, 5.41) is 2.58. The summed E-state index contributed by atoms with van der Waals surface area (Å²) >= 11 is 4.88. The maximum Gasteiger partial charge on any atom is 0.265 e. The van der Waals surface area contributed by atoms with Crippen LogP contribution < -0.4 is 10.1 Å². The Hall–Kier alpha value is -2.21. The highest BCUT2D eigenvalue weighted by Gasteiger charge is 2.30. The highest BCUT2D eigenvalue weighted by atomic mass is 32.1. The number of rotatable bonds is 3. The molecule has 1 aliphatic rings. The summed E-state index contributed by atoms with van der Waals surface area (Å²) in [5.74, 6) is -0.146. The molecule has 0 unspecified atom stereocenters. The van der Waals surface area contributed by atoms with Crippen molar-refractivity contribution in [2.24, 2.45) is 0 Å². The van der Waals surface area contributed by atoms with Crippen molar-refractivity contribution in [3.05, 3.63) is 35.4 Å². The van der Waals surface area contributed by atoms with Crippen molar-refractivity contribution >= 4 is 35.2 Å². The van der Waals surface area contributed by atoms with Crippen LogP contribution in [0.4, 0.5) is 0 Å². The van der Waals surface area contributed by atoms with Gasteiger partial charge in [0.15, 0.2) is 5.11 Å². The Morgan fingerprint density at radius 1 is 1.30 bits per heavy atom. The normalized spacial score (nSPS) is 17.4. The maximum absolute atomic E-state index is 12.0. The van der Waals surface area contributed by atoms with Crippen LogP contribution in [0.1, 0.15) is 12.5 Å². The van der Waals surface area contributed by atoms with Gasteiger partial charge in [0.1, 0.15) is 11.3 Å². The third kappa shape index (κ3) is 2.85. The molecule has 20 heavy (non-hydrogen) atoms. The lowest BCUT2D eigenvalue weighted by Gasteiger charge is -2.25. The first-order valence-electron chi connectivity index (χ1n) is 6.11. The van der Waals surface area contributed by atoms with Gasteiger partial charge >= 0.3 is 0 Å². The average Bonchev–Trinajstić information content (AvgIpc) is 2.43. The molecule has 0 aliphatic carbocycles. The second-order valence-corrected chi connectivity index (χ2v) is 4.57. The molecule has 1 aromatic rings. The van der Waals surface area contributed by atoms with Gasteiger partial charge in [-0.25, -0.2) is 0 Å². The third-order valence-electron chi connectivity index (χ3n) is 2.81. The van der Waals surface area contributed by atoms with E-state index in [1.807, 2.05) is 6.92 Å². The second kappa shape index (κ2) is 5.83. The van der Waals surface area contributed by atoms with E-state index in [1.54, 1.807) is 24.3 Å². The minimum absolute atomic E-state index is 0.0604. The van der Waals surface area contributed by atoms with E-state index in [9.17, 15) is 9.59 Å². The van der Waals surface area contributed by atoms with E-state index in [0.29, 0.717) is 6.61 Å². The number of ether oxygens (including phenoxy) is 1. The molecule has 1 saturated heterocycles. The Balaban J connectivity index is 2.27. The zero-order valence-electron chi connectivity index (χ0n) is 11.2. The lowest BCUT2D eigenvalue weighted by Crippen LogP contribution is -2.52. The van der Waals surface area contributed by atoms with Crippen molar-refractivity contribution < 1.29 is 14.3 Å². The molecule has 1 N–H and O–H groups in total. The maximum atomic E-state index is 12.0. The molecule has 0 spiro atoms.